The summed E-state index contributed by atoms with van der Waals surface area (Å²) in [5.41, 5.74) is 4.05. The highest BCUT2D eigenvalue weighted by Crippen LogP contribution is 2.40. The molecule has 0 saturated heterocycles. The van der Waals surface area contributed by atoms with Crippen molar-refractivity contribution in [2.45, 2.75) is 49.9 Å². The first-order valence-corrected chi connectivity index (χ1v) is 10.5. The Bertz CT molecular complexity index is 995. The summed E-state index contributed by atoms with van der Waals surface area (Å²) in [6, 6.07) is 16.1. The van der Waals surface area contributed by atoms with E-state index in [9.17, 15) is 4.79 Å². The van der Waals surface area contributed by atoms with E-state index in [1.165, 1.54) is 11.8 Å². The minimum Gasteiger partial charge on any atom is -0.325 e. The SMILES string of the molecule is Cc1ccc(C)c(NC(=O)[C@H](C)Sc2nc(C3CC3)n(-c3ccccc3)n2)c1. The van der Waals surface area contributed by atoms with E-state index in [0.717, 1.165) is 41.2 Å². The molecule has 0 radical (unpaired) electrons. The fraction of sp³-hybridized carbons (Fsp3) is 0.318. The van der Waals surface area contributed by atoms with Crippen molar-refractivity contribution in [3.8, 4) is 5.69 Å². The first-order chi connectivity index (χ1) is 13.5. The molecule has 1 N–H and O–H groups in total. The molecule has 6 heteroatoms. The average Bonchev–Trinajstić information content (AvgIpc) is 3.45. The second-order valence-corrected chi connectivity index (χ2v) is 8.65. The van der Waals surface area contributed by atoms with Crippen molar-refractivity contribution in [3.63, 3.8) is 0 Å². The quantitative estimate of drug-likeness (QED) is 0.607. The predicted molar refractivity (Wildman–Crippen MR) is 113 cm³/mol. The van der Waals surface area contributed by atoms with Crippen LogP contribution in [0.4, 0.5) is 5.69 Å². The van der Waals surface area contributed by atoms with Crippen LogP contribution in [0.5, 0.6) is 0 Å². The van der Waals surface area contributed by atoms with Gasteiger partial charge < -0.3 is 5.32 Å². The van der Waals surface area contributed by atoms with Crippen molar-refractivity contribution in [3.05, 3.63) is 65.5 Å². The van der Waals surface area contributed by atoms with Gasteiger partial charge in [-0.05, 0) is 62.9 Å². The molecule has 3 aromatic rings. The van der Waals surface area contributed by atoms with Gasteiger partial charge in [-0.25, -0.2) is 9.67 Å². The van der Waals surface area contributed by atoms with Gasteiger partial charge in [0.25, 0.3) is 0 Å². The first kappa shape index (κ1) is 18.7. The number of para-hydroxylation sites is 1. The van der Waals surface area contributed by atoms with E-state index in [1.807, 2.05) is 74.0 Å². The number of hydrogen-bond donors (Lipinski definition) is 1. The maximum absolute atomic E-state index is 12.7. The lowest BCUT2D eigenvalue weighted by Gasteiger charge is -2.12. The van der Waals surface area contributed by atoms with Crippen molar-refractivity contribution in [1.82, 2.24) is 14.8 Å². The lowest BCUT2D eigenvalue weighted by molar-refractivity contribution is -0.115. The largest absolute Gasteiger partial charge is 0.325 e. The molecule has 1 aliphatic rings. The van der Waals surface area contributed by atoms with Crippen molar-refractivity contribution in [2.24, 2.45) is 0 Å². The molecule has 0 aliphatic heterocycles. The van der Waals surface area contributed by atoms with Crippen LogP contribution < -0.4 is 5.32 Å². The molecule has 1 aliphatic carbocycles. The Morgan fingerprint density at radius 3 is 2.64 bits per heavy atom. The fourth-order valence-electron chi connectivity index (χ4n) is 3.04. The van der Waals surface area contributed by atoms with Crippen LogP contribution in [-0.4, -0.2) is 25.9 Å². The number of carbonyl (C=O) groups excluding carboxylic acids is 1. The van der Waals surface area contributed by atoms with E-state index in [4.69, 9.17) is 10.1 Å². The number of amides is 1. The van der Waals surface area contributed by atoms with Crippen LogP contribution in [0.15, 0.2) is 53.7 Å². The topological polar surface area (TPSA) is 59.8 Å². The number of benzene rings is 2. The number of thioether (sulfide) groups is 1. The Morgan fingerprint density at radius 2 is 1.93 bits per heavy atom. The first-order valence-electron chi connectivity index (χ1n) is 9.58. The minimum atomic E-state index is -0.293. The molecule has 0 bridgehead atoms. The van der Waals surface area contributed by atoms with Gasteiger partial charge in [0.2, 0.25) is 11.1 Å². The van der Waals surface area contributed by atoms with Gasteiger partial charge >= 0.3 is 0 Å². The van der Waals surface area contributed by atoms with Crippen LogP contribution in [0.2, 0.25) is 0 Å². The Hall–Kier alpha value is -2.60. The lowest BCUT2D eigenvalue weighted by Crippen LogP contribution is -2.23. The highest BCUT2D eigenvalue weighted by atomic mass is 32.2. The lowest BCUT2D eigenvalue weighted by atomic mass is 10.1. The summed E-state index contributed by atoms with van der Waals surface area (Å²) in [5, 5.41) is 8.08. The molecule has 28 heavy (non-hydrogen) atoms. The van der Waals surface area contributed by atoms with Gasteiger partial charge in [-0.1, -0.05) is 42.1 Å². The molecule has 144 valence electrons. The summed E-state index contributed by atoms with van der Waals surface area (Å²) in [5.74, 6) is 1.43. The zero-order valence-corrected chi connectivity index (χ0v) is 17.2. The van der Waals surface area contributed by atoms with E-state index in [2.05, 4.69) is 5.32 Å². The Morgan fingerprint density at radius 1 is 1.18 bits per heavy atom. The Kier molecular flexibility index (Phi) is 5.22. The maximum Gasteiger partial charge on any atom is 0.237 e. The number of carbonyl (C=O) groups is 1. The number of anilines is 1. The summed E-state index contributed by atoms with van der Waals surface area (Å²) in [4.78, 5) is 17.4. The molecule has 1 amide bonds. The molecule has 5 nitrogen and oxygen atoms in total. The summed E-state index contributed by atoms with van der Waals surface area (Å²) in [7, 11) is 0. The molecule has 0 unspecified atom stereocenters. The molecule has 1 heterocycles. The van der Waals surface area contributed by atoms with E-state index in [-0.39, 0.29) is 11.2 Å². The highest BCUT2D eigenvalue weighted by Gasteiger charge is 2.31. The molecule has 1 saturated carbocycles. The zero-order chi connectivity index (χ0) is 19.7. The van der Waals surface area contributed by atoms with Gasteiger partial charge in [-0.15, -0.1) is 5.10 Å². The van der Waals surface area contributed by atoms with Crippen LogP contribution in [0.1, 0.15) is 42.6 Å². The van der Waals surface area contributed by atoms with Gasteiger partial charge in [0.05, 0.1) is 10.9 Å². The molecule has 1 aromatic heterocycles. The van der Waals surface area contributed by atoms with Gasteiger partial charge in [0, 0.05) is 11.6 Å². The third kappa shape index (κ3) is 4.12. The number of nitrogens with one attached hydrogen (secondary N) is 1. The van der Waals surface area contributed by atoms with Crippen molar-refractivity contribution in [2.75, 3.05) is 5.32 Å². The second-order valence-electron chi connectivity index (χ2n) is 7.34. The minimum absolute atomic E-state index is 0.0391. The number of hydrogen-bond acceptors (Lipinski definition) is 4. The monoisotopic (exact) mass is 392 g/mol. The van der Waals surface area contributed by atoms with E-state index < -0.39 is 0 Å². The molecule has 4 rings (SSSR count). The normalized spacial score (nSPS) is 14.7. The van der Waals surface area contributed by atoms with Gasteiger partial charge in [0.1, 0.15) is 5.82 Å². The van der Waals surface area contributed by atoms with Crippen LogP contribution in [0.25, 0.3) is 5.69 Å². The maximum atomic E-state index is 12.7. The summed E-state index contributed by atoms with van der Waals surface area (Å²) >= 11 is 1.40. The number of aromatic nitrogens is 3. The smallest absolute Gasteiger partial charge is 0.237 e. The fourth-order valence-corrected chi connectivity index (χ4v) is 3.79. The predicted octanol–water partition coefficient (Wildman–Crippen LogP) is 4.88. The molecule has 1 fully saturated rings. The molecular weight excluding hydrogens is 368 g/mol. The number of nitrogens with zero attached hydrogens (tertiary/aromatic N) is 3. The van der Waals surface area contributed by atoms with E-state index >= 15 is 0 Å². The van der Waals surface area contributed by atoms with Crippen molar-refractivity contribution < 1.29 is 4.79 Å². The van der Waals surface area contributed by atoms with Gasteiger partial charge in [0.15, 0.2) is 0 Å². The van der Waals surface area contributed by atoms with E-state index in [1.54, 1.807) is 0 Å². The second kappa shape index (κ2) is 7.80. The van der Waals surface area contributed by atoms with Crippen molar-refractivity contribution in [1.29, 1.82) is 0 Å². The number of aryl methyl sites for hydroxylation is 2. The third-order valence-electron chi connectivity index (χ3n) is 4.86. The average molecular weight is 393 g/mol. The summed E-state index contributed by atoms with van der Waals surface area (Å²) in [6.45, 7) is 5.91. The number of rotatable bonds is 6. The molecule has 0 spiro atoms. The van der Waals surface area contributed by atoms with E-state index in [0.29, 0.717) is 11.1 Å². The molecular formula is C22H24N4OS. The molecule has 2 aromatic carbocycles. The standard InChI is InChI=1S/C22H24N4OS/c1-14-9-10-15(2)19(13-14)23-21(27)16(3)28-22-24-20(17-11-12-17)26(25-22)18-7-5-4-6-8-18/h4-10,13,16-17H,11-12H2,1-3H3,(H,23,27)/t16-/m0/s1. The summed E-state index contributed by atoms with van der Waals surface area (Å²) < 4.78 is 1.93. The van der Waals surface area contributed by atoms with Gasteiger partial charge in [-0.2, -0.15) is 0 Å². The highest BCUT2D eigenvalue weighted by molar-refractivity contribution is 8.00. The zero-order valence-electron chi connectivity index (χ0n) is 16.3. The van der Waals surface area contributed by atoms with Gasteiger partial charge in [-0.3, -0.25) is 4.79 Å². The Labute approximate surface area is 169 Å². The van der Waals surface area contributed by atoms with Crippen molar-refractivity contribution >= 4 is 23.4 Å². The summed E-state index contributed by atoms with van der Waals surface area (Å²) in [6.07, 6.45) is 2.30. The van der Waals surface area contributed by atoms with Crippen LogP contribution in [0, 0.1) is 13.8 Å². The Balaban J connectivity index is 1.50. The van der Waals surface area contributed by atoms with Crippen LogP contribution >= 0.6 is 11.8 Å². The molecule has 1 atom stereocenters. The third-order valence-corrected chi connectivity index (χ3v) is 5.81. The van der Waals surface area contributed by atoms with Crippen LogP contribution in [-0.2, 0) is 4.79 Å². The van der Waals surface area contributed by atoms with Crippen LogP contribution in [0.3, 0.4) is 0 Å².